The zero-order chi connectivity index (χ0) is 22.2. The summed E-state index contributed by atoms with van der Waals surface area (Å²) in [7, 11) is 0. The number of carbonyl (C=O) groups is 1. The molecule has 0 radical (unpaired) electrons. The minimum atomic E-state index is -0.443. The van der Waals surface area contributed by atoms with Crippen molar-refractivity contribution in [2.45, 2.75) is 13.8 Å². The summed E-state index contributed by atoms with van der Waals surface area (Å²) in [6, 6.07) is 14.9. The summed E-state index contributed by atoms with van der Waals surface area (Å²) in [5.41, 5.74) is 10.1. The highest BCUT2D eigenvalue weighted by molar-refractivity contribution is 6.11. The van der Waals surface area contributed by atoms with Crippen LogP contribution >= 0.6 is 0 Å². The molecule has 1 aliphatic rings. The summed E-state index contributed by atoms with van der Waals surface area (Å²) in [5, 5.41) is 11.6. The summed E-state index contributed by atoms with van der Waals surface area (Å²) in [4.78, 5) is 13.2. The number of nitrogens with two attached hydrogens (primary N) is 1. The Morgan fingerprint density at radius 1 is 1.06 bits per heavy atom. The molecule has 4 aromatic rings. The van der Waals surface area contributed by atoms with Gasteiger partial charge in [0, 0.05) is 17.3 Å². The van der Waals surface area contributed by atoms with Crippen molar-refractivity contribution in [1.82, 2.24) is 14.9 Å². The minimum absolute atomic E-state index is 0.0682. The highest BCUT2D eigenvalue weighted by Crippen LogP contribution is 2.35. The van der Waals surface area contributed by atoms with Gasteiger partial charge in [0.05, 0.1) is 17.1 Å². The molecule has 9 heteroatoms. The Morgan fingerprint density at radius 3 is 2.59 bits per heavy atom. The SMILES string of the molecule is Cc1nn(-c2ccccc2)c(C)c1-c1noc(N)c1C(=O)Nc1ccc2c(c1)OCCO2. The van der Waals surface area contributed by atoms with E-state index in [9.17, 15) is 4.79 Å². The molecular formula is C23H21N5O4. The molecule has 0 aliphatic carbocycles. The normalized spacial score (nSPS) is 12.6. The number of carbonyl (C=O) groups excluding carboxylic acids is 1. The number of amides is 1. The van der Waals surface area contributed by atoms with E-state index >= 15 is 0 Å². The standard InChI is InChI=1S/C23H21N5O4/c1-13-19(14(2)28(26-13)16-6-4-3-5-7-16)21-20(22(24)32-27-21)23(29)25-15-8-9-17-18(12-15)31-11-10-30-17/h3-9,12H,10-11,24H2,1-2H3,(H,25,29). The van der Waals surface area contributed by atoms with Crippen molar-refractivity contribution in [3.63, 3.8) is 0 Å². The third-order valence-corrected chi connectivity index (χ3v) is 5.27. The first-order chi connectivity index (χ1) is 15.5. The number of ether oxygens (including phenoxy) is 2. The third kappa shape index (κ3) is 3.33. The number of nitrogens with one attached hydrogen (secondary N) is 1. The Morgan fingerprint density at radius 2 is 1.81 bits per heavy atom. The van der Waals surface area contributed by atoms with Crippen LogP contribution in [0.1, 0.15) is 21.7 Å². The second-order valence-electron chi connectivity index (χ2n) is 7.38. The fraction of sp³-hybridized carbons (Fsp3) is 0.174. The van der Waals surface area contributed by atoms with E-state index in [2.05, 4.69) is 15.6 Å². The van der Waals surface area contributed by atoms with E-state index in [-0.39, 0.29) is 11.4 Å². The van der Waals surface area contributed by atoms with E-state index < -0.39 is 5.91 Å². The first-order valence-electron chi connectivity index (χ1n) is 10.1. The van der Waals surface area contributed by atoms with Crippen LogP contribution in [0.15, 0.2) is 53.1 Å². The molecule has 2 aromatic heterocycles. The van der Waals surface area contributed by atoms with Gasteiger partial charge in [-0.1, -0.05) is 23.4 Å². The molecule has 5 rings (SSSR count). The number of fused-ring (bicyclic) bond motifs is 1. The van der Waals surface area contributed by atoms with Crippen LogP contribution in [0, 0.1) is 13.8 Å². The zero-order valence-electron chi connectivity index (χ0n) is 17.6. The second kappa shape index (κ2) is 7.77. The number of hydrogen-bond acceptors (Lipinski definition) is 7. The van der Waals surface area contributed by atoms with Crippen molar-refractivity contribution in [3.8, 4) is 28.4 Å². The zero-order valence-corrected chi connectivity index (χ0v) is 17.6. The minimum Gasteiger partial charge on any atom is -0.486 e. The first kappa shape index (κ1) is 19.7. The highest BCUT2D eigenvalue weighted by atomic mass is 16.6. The number of benzene rings is 2. The number of anilines is 2. The van der Waals surface area contributed by atoms with Crippen LogP contribution in [0.5, 0.6) is 11.5 Å². The Kier molecular flexibility index (Phi) is 4.78. The number of nitrogen functional groups attached to an aromatic ring is 1. The molecule has 0 saturated heterocycles. The summed E-state index contributed by atoms with van der Waals surface area (Å²) in [5.74, 6) is 0.699. The van der Waals surface area contributed by atoms with Gasteiger partial charge in [0.2, 0.25) is 5.88 Å². The van der Waals surface area contributed by atoms with Crippen molar-refractivity contribution in [1.29, 1.82) is 0 Å². The van der Waals surface area contributed by atoms with Gasteiger partial charge in [-0.25, -0.2) is 4.68 Å². The van der Waals surface area contributed by atoms with Gasteiger partial charge < -0.3 is 25.0 Å². The molecule has 0 fully saturated rings. The molecule has 0 atom stereocenters. The summed E-state index contributed by atoms with van der Waals surface area (Å²) in [6.45, 7) is 4.72. The van der Waals surface area contributed by atoms with Gasteiger partial charge in [0.15, 0.2) is 11.5 Å². The van der Waals surface area contributed by atoms with Gasteiger partial charge >= 0.3 is 0 Å². The number of aryl methyl sites for hydroxylation is 1. The largest absolute Gasteiger partial charge is 0.486 e. The molecular weight excluding hydrogens is 410 g/mol. The number of nitrogens with zero attached hydrogens (tertiary/aromatic N) is 3. The molecule has 9 nitrogen and oxygen atoms in total. The fourth-order valence-corrected chi connectivity index (χ4v) is 3.81. The van der Waals surface area contributed by atoms with E-state index in [1.807, 2.05) is 44.2 Å². The third-order valence-electron chi connectivity index (χ3n) is 5.27. The molecule has 0 unspecified atom stereocenters. The van der Waals surface area contributed by atoms with Crippen LogP contribution < -0.4 is 20.5 Å². The van der Waals surface area contributed by atoms with E-state index in [1.54, 1.807) is 22.9 Å². The summed E-state index contributed by atoms with van der Waals surface area (Å²) < 4.78 is 18.1. The molecule has 3 heterocycles. The van der Waals surface area contributed by atoms with Crippen molar-refractivity contribution < 1.29 is 18.8 Å². The lowest BCUT2D eigenvalue weighted by molar-refractivity contribution is 0.102. The van der Waals surface area contributed by atoms with Crippen molar-refractivity contribution >= 4 is 17.5 Å². The molecule has 32 heavy (non-hydrogen) atoms. The van der Waals surface area contributed by atoms with E-state index in [0.29, 0.717) is 47.4 Å². The van der Waals surface area contributed by atoms with Crippen LogP contribution in [0.25, 0.3) is 16.9 Å². The van der Waals surface area contributed by atoms with Crippen LogP contribution in [-0.2, 0) is 0 Å². The predicted molar refractivity (Wildman–Crippen MR) is 118 cm³/mol. The lowest BCUT2D eigenvalue weighted by Gasteiger charge is -2.19. The number of rotatable bonds is 4. The quantitative estimate of drug-likeness (QED) is 0.505. The Bertz CT molecular complexity index is 1310. The van der Waals surface area contributed by atoms with Gasteiger partial charge in [-0.3, -0.25) is 4.79 Å². The predicted octanol–water partition coefficient (Wildman–Crippen LogP) is 3.75. The van der Waals surface area contributed by atoms with E-state index in [1.165, 1.54) is 0 Å². The first-order valence-corrected chi connectivity index (χ1v) is 10.1. The maximum Gasteiger partial charge on any atom is 0.263 e. The Labute approximate surface area is 183 Å². The monoisotopic (exact) mass is 431 g/mol. The maximum absolute atomic E-state index is 13.2. The highest BCUT2D eigenvalue weighted by Gasteiger charge is 2.27. The van der Waals surface area contributed by atoms with Gasteiger partial charge in [-0.15, -0.1) is 0 Å². The van der Waals surface area contributed by atoms with Crippen molar-refractivity contribution in [2.75, 3.05) is 24.3 Å². The number of hydrogen-bond donors (Lipinski definition) is 2. The lowest BCUT2D eigenvalue weighted by Crippen LogP contribution is -2.17. The van der Waals surface area contributed by atoms with Crippen LogP contribution in [-0.4, -0.2) is 34.1 Å². The summed E-state index contributed by atoms with van der Waals surface area (Å²) in [6.07, 6.45) is 0. The van der Waals surface area contributed by atoms with Gasteiger partial charge in [-0.2, -0.15) is 5.10 Å². The average Bonchev–Trinajstić information content (AvgIpc) is 3.32. The molecule has 3 N–H and O–H groups in total. The van der Waals surface area contributed by atoms with Gasteiger partial charge in [0.1, 0.15) is 24.5 Å². The molecule has 0 saturated carbocycles. The smallest absolute Gasteiger partial charge is 0.263 e. The van der Waals surface area contributed by atoms with Crippen LogP contribution in [0.4, 0.5) is 11.6 Å². The maximum atomic E-state index is 13.2. The average molecular weight is 431 g/mol. The lowest BCUT2D eigenvalue weighted by atomic mass is 10.0. The topological polar surface area (TPSA) is 117 Å². The summed E-state index contributed by atoms with van der Waals surface area (Å²) >= 11 is 0. The van der Waals surface area contributed by atoms with Crippen LogP contribution in [0.2, 0.25) is 0 Å². The molecule has 1 amide bonds. The number of aromatic nitrogens is 3. The van der Waals surface area contributed by atoms with Crippen molar-refractivity contribution in [2.24, 2.45) is 0 Å². The van der Waals surface area contributed by atoms with E-state index in [0.717, 1.165) is 11.4 Å². The fourth-order valence-electron chi connectivity index (χ4n) is 3.81. The molecule has 2 aromatic carbocycles. The van der Waals surface area contributed by atoms with Gasteiger partial charge in [0.25, 0.3) is 5.91 Å². The van der Waals surface area contributed by atoms with Crippen LogP contribution in [0.3, 0.4) is 0 Å². The molecule has 0 bridgehead atoms. The molecule has 1 aliphatic heterocycles. The Hall–Kier alpha value is -4.27. The van der Waals surface area contributed by atoms with E-state index in [4.69, 9.17) is 19.7 Å². The second-order valence-corrected chi connectivity index (χ2v) is 7.38. The van der Waals surface area contributed by atoms with Gasteiger partial charge in [-0.05, 0) is 38.1 Å². The Balaban J connectivity index is 1.50. The molecule has 162 valence electrons. The molecule has 0 spiro atoms. The number of para-hydroxylation sites is 1. The van der Waals surface area contributed by atoms with Crippen molar-refractivity contribution in [3.05, 3.63) is 65.5 Å².